The second kappa shape index (κ2) is 6.70. The van der Waals surface area contributed by atoms with Crippen molar-refractivity contribution in [3.8, 4) is 12.3 Å². The first kappa shape index (κ1) is 15.2. The molecule has 0 aliphatic carbocycles. The van der Waals surface area contributed by atoms with E-state index in [4.69, 9.17) is 6.42 Å². The van der Waals surface area contributed by atoms with Gasteiger partial charge in [0.15, 0.2) is 0 Å². The van der Waals surface area contributed by atoms with Crippen molar-refractivity contribution in [3.05, 3.63) is 23.8 Å². The average Bonchev–Trinajstić information content (AvgIpc) is 2.14. The number of hydrogen-bond acceptors (Lipinski definition) is 4. The minimum atomic E-state index is -3.85. The molecule has 90 valence electrons. The fourth-order valence-electron chi connectivity index (χ4n) is 1.05. The Balaban J connectivity index is 4.92. The normalized spacial score (nSPS) is 13.3. The van der Waals surface area contributed by atoms with Crippen LogP contribution >= 0.6 is 7.14 Å². The van der Waals surface area contributed by atoms with E-state index in [9.17, 15) is 13.0 Å². The molecular weight excluding hydrogens is 247 g/mol. The third kappa shape index (κ3) is 5.92. The first-order valence-corrected chi connectivity index (χ1v) is 8.16. The van der Waals surface area contributed by atoms with Crippen LogP contribution in [0, 0.1) is 12.3 Å². The smallest absolute Gasteiger partial charge is 0.275 e. The van der Waals surface area contributed by atoms with Crippen molar-refractivity contribution in [1.82, 2.24) is 0 Å². The van der Waals surface area contributed by atoms with E-state index in [0.717, 1.165) is 0 Å². The largest absolute Gasteiger partial charge is 0.314 e. The molecule has 6 heteroatoms. The summed E-state index contributed by atoms with van der Waals surface area (Å²) in [5.41, 5.74) is -0.559. The molecule has 0 aromatic rings. The maximum Gasteiger partial charge on any atom is 0.275 e. The minimum absolute atomic E-state index is 0.339. The van der Waals surface area contributed by atoms with Gasteiger partial charge in [0.05, 0.1) is 0 Å². The molecule has 0 saturated heterocycles. The maximum atomic E-state index is 12.1. The van der Waals surface area contributed by atoms with E-state index in [1.165, 1.54) is 11.6 Å². The second-order valence-electron chi connectivity index (χ2n) is 2.97. The van der Waals surface area contributed by atoms with Crippen LogP contribution in [-0.2, 0) is 18.9 Å². The summed E-state index contributed by atoms with van der Waals surface area (Å²) in [7, 11) is -6.88. The lowest BCUT2D eigenvalue weighted by Crippen LogP contribution is -2.10. The molecular formula is C10H15O4PS. The van der Waals surface area contributed by atoms with Crippen molar-refractivity contribution in [1.29, 1.82) is 0 Å². The molecule has 0 unspecified atom stereocenters. The van der Waals surface area contributed by atoms with Gasteiger partial charge in [0.2, 0.25) is 0 Å². The van der Waals surface area contributed by atoms with Gasteiger partial charge in [-0.05, 0) is 25.5 Å². The van der Waals surface area contributed by atoms with E-state index < -0.39 is 22.8 Å². The fourth-order valence-corrected chi connectivity index (χ4v) is 5.37. The Morgan fingerprint density at radius 1 is 1.31 bits per heavy atom. The minimum Gasteiger partial charge on any atom is -0.314 e. The molecule has 0 saturated carbocycles. The van der Waals surface area contributed by atoms with Crippen LogP contribution < -0.4 is 0 Å². The number of terminal acetylenes is 1. The van der Waals surface area contributed by atoms with Gasteiger partial charge in [-0.3, -0.25) is 4.18 Å². The Morgan fingerprint density at radius 2 is 1.81 bits per heavy atom. The lowest BCUT2D eigenvalue weighted by molar-refractivity contribution is 0.366. The van der Waals surface area contributed by atoms with Gasteiger partial charge >= 0.3 is 0 Å². The van der Waals surface area contributed by atoms with Crippen LogP contribution in [0.3, 0.4) is 0 Å². The van der Waals surface area contributed by atoms with Crippen molar-refractivity contribution in [3.63, 3.8) is 0 Å². The fraction of sp³-hybridized carbons (Fsp3) is 0.400. The molecule has 0 radical (unpaired) electrons. The molecule has 0 spiro atoms. The summed E-state index contributed by atoms with van der Waals surface area (Å²) in [6, 6.07) is 0. The highest BCUT2D eigenvalue weighted by atomic mass is 32.2. The average molecular weight is 262 g/mol. The quantitative estimate of drug-likeness (QED) is 0.419. The molecule has 0 aromatic heterocycles. The molecule has 0 aliphatic heterocycles. The number of hydrogen-bond donors (Lipinski definition) is 0. The molecule has 0 bridgehead atoms. The van der Waals surface area contributed by atoms with Crippen LogP contribution in [0.1, 0.15) is 13.8 Å². The topological polar surface area (TPSA) is 60.4 Å². The van der Waals surface area contributed by atoms with Crippen LogP contribution in [0.5, 0.6) is 0 Å². The molecule has 4 nitrogen and oxygen atoms in total. The van der Waals surface area contributed by atoms with Crippen LogP contribution in [0.25, 0.3) is 0 Å². The van der Waals surface area contributed by atoms with Gasteiger partial charge < -0.3 is 4.57 Å². The zero-order chi connectivity index (χ0) is 12.7. The Labute approximate surface area is 96.9 Å². The Kier molecular flexibility index (Phi) is 6.35. The Hall–Kier alpha value is -0.820. The van der Waals surface area contributed by atoms with E-state index in [-0.39, 0.29) is 6.61 Å². The van der Waals surface area contributed by atoms with Gasteiger partial charge in [0.1, 0.15) is 19.2 Å². The molecule has 0 rings (SSSR count). The predicted molar refractivity (Wildman–Crippen MR) is 65.8 cm³/mol. The SMILES string of the molecule is C#CCOS(=O)(=O)CP(=O)(/C=C/C)/C=C/C. The van der Waals surface area contributed by atoms with E-state index in [2.05, 4.69) is 4.18 Å². The van der Waals surface area contributed by atoms with Gasteiger partial charge in [-0.1, -0.05) is 18.1 Å². The van der Waals surface area contributed by atoms with Crippen LogP contribution in [-0.4, -0.2) is 20.5 Å². The summed E-state index contributed by atoms with van der Waals surface area (Å²) >= 11 is 0. The van der Waals surface area contributed by atoms with Crippen molar-refractivity contribution in [2.45, 2.75) is 13.8 Å². The van der Waals surface area contributed by atoms with E-state index in [1.807, 2.05) is 5.92 Å². The van der Waals surface area contributed by atoms with Gasteiger partial charge in [0.25, 0.3) is 10.1 Å². The third-order valence-corrected chi connectivity index (χ3v) is 6.45. The zero-order valence-electron chi connectivity index (χ0n) is 9.29. The van der Waals surface area contributed by atoms with Crippen molar-refractivity contribution in [2.24, 2.45) is 0 Å². The van der Waals surface area contributed by atoms with Crippen molar-refractivity contribution >= 4 is 17.3 Å². The molecule has 0 aliphatic rings. The molecule has 16 heavy (non-hydrogen) atoms. The highest BCUT2D eigenvalue weighted by Gasteiger charge is 2.24. The highest BCUT2D eigenvalue weighted by molar-refractivity contribution is 7.96. The summed E-state index contributed by atoms with van der Waals surface area (Å²) < 4.78 is 39.4. The predicted octanol–water partition coefficient (Wildman–Crippen LogP) is 2.35. The zero-order valence-corrected chi connectivity index (χ0v) is 11.0. The highest BCUT2D eigenvalue weighted by Crippen LogP contribution is 2.50. The van der Waals surface area contributed by atoms with Gasteiger partial charge in [-0.25, -0.2) is 0 Å². The molecule has 0 atom stereocenters. The summed E-state index contributed by atoms with van der Waals surface area (Å²) in [5.74, 6) is 4.80. The molecule has 0 N–H and O–H groups in total. The van der Waals surface area contributed by atoms with Gasteiger partial charge in [-0.2, -0.15) is 8.42 Å². The van der Waals surface area contributed by atoms with Gasteiger partial charge in [0, 0.05) is 0 Å². The standard InChI is InChI=1S/C10H15O4PS/c1-4-7-14-16(12,13)10-15(11,8-5-2)9-6-3/h1,5-6,8-9H,7,10H2,2-3H3/b8-5+,9-6+. The van der Waals surface area contributed by atoms with Crippen molar-refractivity contribution in [2.75, 3.05) is 12.1 Å². The third-order valence-electron chi connectivity index (χ3n) is 1.48. The molecule has 0 amide bonds. The summed E-state index contributed by atoms with van der Waals surface area (Å²) in [6.07, 6.45) is 7.99. The molecule has 0 fully saturated rings. The van der Waals surface area contributed by atoms with E-state index >= 15 is 0 Å². The first-order chi connectivity index (χ1) is 7.39. The lowest BCUT2D eigenvalue weighted by Gasteiger charge is -2.09. The first-order valence-electron chi connectivity index (χ1n) is 4.56. The second-order valence-corrected chi connectivity index (χ2v) is 7.66. The summed E-state index contributed by atoms with van der Waals surface area (Å²) in [4.78, 5) is 0. The van der Waals surface area contributed by atoms with Crippen LogP contribution in [0.2, 0.25) is 0 Å². The van der Waals surface area contributed by atoms with E-state index in [0.29, 0.717) is 0 Å². The monoisotopic (exact) mass is 262 g/mol. The Morgan fingerprint density at radius 3 is 2.19 bits per heavy atom. The van der Waals surface area contributed by atoms with Crippen molar-refractivity contribution < 1.29 is 17.2 Å². The molecule has 0 heterocycles. The molecule has 0 aromatic carbocycles. The lowest BCUT2D eigenvalue weighted by atomic mass is 10.8. The van der Waals surface area contributed by atoms with Gasteiger partial charge in [-0.15, -0.1) is 6.42 Å². The summed E-state index contributed by atoms with van der Waals surface area (Å²) in [6.45, 7) is 3.00. The number of allylic oxidation sites excluding steroid dienone is 2. The van der Waals surface area contributed by atoms with Crippen LogP contribution in [0.15, 0.2) is 23.8 Å². The maximum absolute atomic E-state index is 12.1. The summed E-state index contributed by atoms with van der Waals surface area (Å²) in [5, 5.41) is 0. The Bertz CT molecular complexity index is 438. The number of rotatable bonds is 6. The van der Waals surface area contributed by atoms with E-state index in [1.54, 1.807) is 26.0 Å². The van der Waals surface area contributed by atoms with Crippen LogP contribution in [0.4, 0.5) is 0 Å².